The second-order valence-corrected chi connectivity index (χ2v) is 8.63. The van der Waals surface area contributed by atoms with Crippen molar-refractivity contribution in [3.05, 3.63) is 58.1 Å². The molecule has 0 aliphatic carbocycles. The van der Waals surface area contributed by atoms with E-state index in [1.807, 2.05) is 19.1 Å². The largest absolute Gasteiger partial charge is 0.480 e. The second kappa shape index (κ2) is 9.18. The molecule has 0 radical (unpaired) electrons. The Kier molecular flexibility index (Phi) is 6.36. The van der Waals surface area contributed by atoms with Gasteiger partial charge in [-0.15, -0.1) is 10.2 Å². The van der Waals surface area contributed by atoms with Crippen LogP contribution < -0.4 is 10.1 Å². The van der Waals surface area contributed by atoms with Crippen LogP contribution in [0.4, 0.5) is 10.1 Å². The summed E-state index contributed by atoms with van der Waals surface area (Å²) in [5, 5.41) is 11.3. The van der Waals surface area contributed by atoms with E-state index in [1.54, 1.807) is 25.1 Å². The van der Waals surface area contributed by atoms with E-state index in [1.165, 1.54) is 6.07 Å². The highest BCUT2D eigenvalue weighted by atomic mass is 79.9. The molecular formula is C23H24BrFN4O2. The third-order valence-corrected chi connectivity index (χ3v) is 5.97. The quantitative estimate of drug-likeness (QED) is 0.531. The molecule has 0 spiro atoms. The average molecular weight is 487 g/mol. The van der Waals surface area contributed by atoms with Crippen molar-refractivity contribution < 1.29 is 13.9 Å². The van der Waals surface area contributed by atoms with Gasteiger partial charge in [-0.1, -0.05) is 12.5 Å². The second-order valence-electron chi connectivity index (χ2n) is 7.78. The van der Waals surface area contributed by atoms with Crippen LogP contribution in [0.15, 0.2) is 40.9 Å². The Hall–Kier alpha value is -2.74. The topological polar surface area (TPSA) is 69.0 Å². The van der Waals surface area contributed by atoms with E-state index in [-0.39, 0.29) is 5.69 Å². The Morgan fingerprint density at radius 3 is 2.84 bits per heavy atom. The number of hydrogen-bond donors (Lipinski definition) is 1. The number of carbonyl (C=O) groups is 1. The SMILES string of the molecule is Cc1ccc(OC(C)C(=O)Nc2cc(-c3nnc4n3CCCCC4)ccc2F)c(Br)c1. The summed E-state index contributed by atoms with van der Waals surface area (Å²) < 4.78 is 23.1. The van der Waals surface area contributed by atoms with Crippen LogP contribution in [-0.4, -0.2) is 26.8 Å². The van der Waals surface area contributed by atoms with Gasteiger partial charge in [0.1, 0.15) is 17.4 Å². The molecule has 0 bridgehead atoms. The number of carbonyl (C=O) groups excluding carboxylic acids is 1. The third-order valence-electron chi connectivity index (χ3n) is 5.35. The summed E-state index contributed by atoms with van der Waals surface area (Å²) in [4.78, 5) is 12.7. The summed E-state index contributed by atoms with van der Waals surface area (Å²) in [7, 11) is 0. The van der Waals surface area contributed by atoms with Crippen LogP contribution in [-0.2, 0) is 17.8 Å². The minimum absolute atomic E-state index is 0.0897. The van der Waals surface area contributed by atoms with Gasteiger partial charge in [0.05, 0.1) is 10.2 Å². The molecule has 1 atom stereocenters. The number of nitrogens with one attached hydrogen (secondary N) is 1. The first-order chi connectivity index (χ1) is 14.9. The van der Waals surface area contributed by atoms with Crippen LogP contribution in [0.1, 0.15) is 37.6 Å². The number of amides is 1. The number of fused-ring (bicyclic) bond motifs is 1. The molecular weight excluding hydrogens is 463 g/mol. The molecule has 3 aromatic rings. The van der Waals surface area contributed by atoms with Crippen LogP contribution >= 0.6 is 15.9 Å². The van der Waals surface area contributed by atoms with E-state index >= 15 is 0 Å². The molecule has 1 amide bonds. The van der Waals surface area contributed by atoms with Crippen molar-refractivity contribution in [1.82, 2.24) is 14.8 Å². The number of aryl methyl sites for hydroxylation is 2. The minimum atomic E-state index is -0.813. The number of rotatable bonds is 5. The maximum absolute atomic E-state index is 14.5. The van der Waals surface area contributed by atoms with Crippen molar-refractivity contribution in [3.63, 3.8) is 0 Å². The summed E-state index contributed by atoms with van der Waals surface area (Å²) >= 11 is 3.44. The predicted octanol–water partition coefficient (Wildman–Crippen LogP) is 5.29. The van der Waals surface area contributed by atoms with E-state index in [2.05, 4.69) is 36.0 Å². The highest BCUT2D eigenvalue weighted by Gasteiger charge is 2.20. The monoisotopic (exact) mass is 486 g/mol. The lowest BCUT2D eigenvalue weighted by Crippen LogP contribution is -2.30. The summed E-state index contributed by atoms with van der Waals surface area (Å²) in [6.45, 7) is 4.43. The molecule has 2 aromatic carbocycles. The first kappa shape index (κ1) is 21.5. The van der Waals surface area contributed by atoms with Gasteiger partial charge >= 0.3 is 0 Å². The summed E-state index contributed by atoms with van der Waals surface area (Å²) in [5.41, 5.74) is 1.88. The standard InChI is InChI=1S/C23H24BrFN4O2/c1-14-7-10-20(17(24)12-14)31-15(2)23(30)26-19-13-16(8-9-18(19)25)22-28-27-21-6-4-3-5-11-29(21)22/h7-10,12-13,15H,3-6,11H2,1-2H3,(H,26,30). The Morgan fingerprint density at radius 1 is 1.19 bits per heavy atom. The predicted molar refractivity (Wildman–Crippen MR) is 121 cm³/mol. The van der Waals surface area contributed by atoms with E-state index in [9.17, 15) is 9.18 Å². The molecule has 0 saturated carbocycles. The van der Waals surface area contributed by atoms with Crippen molar-refractivity contribution in [3.8, 4) is 17.1 Å². The van der Waals surface area contributed by atoms with E-state index in [4.69, 9.17) is 4.74 Å². The molecule has 1 aromatic heterocycles. The molecule has 1 N–H and O–H groups in total. The number of halogens is 2. The maximum Gasteiger partial charge on any atom is 0.265 e. The minimum Gasteiger partial charge on any atom is -0.480 e. The molecule has 0 fully saturated rings. The Balaban J connectivity index is 1.52. The molecule has 1 aliphatic rings. The van der Waals surface area contributed by atoms with Crippen LogP contribution in [0, 0.1) is 12.7 Å². The first-order valence-corrected chi connectivity index (χ1v) is 11.2. The van der Waals surface area contributed by atoms with Crippen LogP contribution in [0.25, 0.3) is 11.4 Å². The Labute approximate surface area is 189 Å². The molecule has 0 saturated heterocycles. The molecule has 1 aliphatic heterocycles. The van der Waals surface area contributed by atoms with Gasteiger partial charge in [0.2, 0.25) is 0 Å². The number of nitrogens with zero attached hydrogens (tertiary/aromatic N) is 3. The van der Waals surface area contributed by atoms with Gasteiger partial charge in [0.15, 0.2) is 11.9 Å². The molecule has 162 valence electrons. The fourth-order valence-corrected chi connectivity index (χ4v) is 4.23. The van der Waals surface area contributed by atoms with Crippen molar-refractivity contribution in [1.29, 1.82) is 0 Å². The van der Waals surface area contributed by atoms with Crippen molar-refractivity contribution in [2.75, 3.05) is 5.32 Å². The number of anilines is 1. The number of benzene rings is 2. The lowest BCUT2D eigenvalue weighted by molar-refractivity contribution is -0.122. The number of hydrogen-bond acceptors (Lipinski definition) is 4. The zero-order valence-electron chi connectivity index (χ0n) is 17.5. The van der Waals surface area contributed by atoms with E-state index in [0.29, 0.717) is 17.1 Å². The maximum atomic E-state index is 14.5. The van der Waals surface area contributed by atoms with Crippen molar-refractivity contribution >= 4 is 27.5 Å². The lowest BCUT2D eigenvalue weighted by atomic mass is 10.1. The lowest BCUT2D eigenvalue weighted by Gasteiger charge is -2.17. The highest BCUT2D eigenvalue weighted by molar-refractivity contribution is 9.10. The molecule has 31 heavy (non-hydrogen) atoms. The zero-order chi connectivity index (χ0) is 22.0. The van der Waals surface area contributed by atoms with Crippen LogP contribution in [0.5, 0.6) is 5.75 Å². The zero-order valence-corrected chi connectivity index (χ0v) is 19.1. The van der Waals surface area contributed by atoms with E-state index in [0.717, 1.165) is 48.1 Å². The van der Waals surface area contributed by atoms with Gasteiger partial charge in [-0.2, -0.15) is 0 Å². The van der Waals surface area contributed by atoms with E-state index < -0.39 is 17.8 Å². The molecule has 8 heteroatoms. The number of ether oxygens (including phenoxy) is 1. The van der Waals surface area contributed by atoms with Crippen LogP contribution in [0.2, 0.25) is 0 Å². The highest BCUT2D eigenvalue weighted by Crippen LogP contribution is 2.28. The fraction of sp³-hybridized carbons (Fsp3) is 0.348. The third kappa shape index (κ3) is 4.79. The molecule has 1 unspecified atom stereocenters. The van der Waals surface area contributed by atoms with Crippen molar-refractivity contribution in [2.24, 2.45) is 0 Å². The van der Waals surface area contributed by atoms with Crippen LogP contribution in [0.3, 0.4) is 0 Å². The average Bonchev–Trinajstić information content (AvgIpc) is 2.99. The van der Waals surface area contributed by atoms with Gasteiger partial charge in [-0.3, -0.25) is 4.79 Å². The van der Waals surface area contributed by atoms with Crippen molar-refractivity contribution in [2.45, 2.75) is 52.2 Å². The molecule has 2 heterocycles. The molecule has 6 nitrogen and oxygen atoms in total. The number of aromatic nitrogens is 3. The fourth-order valence-electron chi connectivity index (χ4n) is 3.64. The summed E-state index contributed by atoms with van der Waals surface area (Å²) in [6.07, 6.45) is 3.39. The van der Waals surface area contributed by atoms with Gasteiger partial charge in [0, 0.05) is 18.5 Å². The van der Waals surface area contributed by atoms with Gasteiger partial charge < -0.3 is 14.6 Å². The normalized spacial score (nSPS) is 14.5. The van der Waals surface area contributed by atoms with Gasteiger partial charge in [0.25, 0.3) is 5.91 Å². The summed E-state index contributed by atoms with van der Waals surface area (Å²) in [5.74, 6) is 1.24. The first-order valence-electron chi connectivity index (χ1n) is 10.4. The molecule has 4 rings (SSSR count). The Bertz CT molecular complexity index is 1110. The van der Waals surface area contributed by atoms with Gasteiger partial charge in [-0.25, -0.2) is 4.39 Å². The smallest absolute Gasteiger partial charge is 0.265 e. The summed E-state index contributed by atoms with van der Waals surface area (Å²) in [6, 6.07) is 10.2. The van der Waals surface area contributed by atoms with Gasteiger partial charge in [-0.05, 0) is 78.5 Å². The Morgan fingerprint density at radius 2 is 2.03 bits per heavy atom.